The van der Waals surface area contributed by atoms with Gasteiger partial charge in [-0.1, -0.05) is 6.07 Å². The van der Waals surface area contributed by atoms with Crippen molar-refractivity contribution in [3.05, 3.63) is 28.7 Å². The lowest BCUT2D eigenvalue weighted by molar-refractivity contribution is 0.0995. The number of amides is 1. The monoisotopic (exact) mass is 235 g/mol. The minimum absolute atomic E-state index is 0.200. The van der Waals surface area contributed by atoms with E-state index in [1.165, 1.54) is 0 Å². The van der Waals surface area contributed by atoms with Gasteiger partial charge in [0.15, 0.2) is 10.6 Å². The largest absolute Gasteiger partial charge is 0.364 e. The molecule has 0 bridgehead atoms. The molecule has 6 nitrogen and oxygen atoms in total. The fraction of sp³-hybridized carbons (Fsp3) is 0.111. The van der Waals surface area contributed by atoms with E-state index in [4.69, 9.17) is 18.0 Å². The number of aromatic nitrogens is 4. The van der Waals surface area contributed by atoms with Crippen LogP contribution < -0.4 is 5.73 Å². The van der Waals surface area contributed by atoms with Gasteiger partial charge in [-0.15, -0.1) is 0 Å². The summed E-state index contributed by atoms with van der Waals surface area (Å²) >= 11 is 4.98. The molecule has 0 aliphatic rings. The standard InChI is InChI=1S/C9H9N5OS/c1-14-8(12-13-9(14)16)6-4-2-3-5(11-6)7(10)15/h2-4H,1H3,(H2,10,15)(H,13,16). The third kappa shape index (κ3) is 1.72. The molecule has 7 heteroatoms. The van der Waals surface area contributed by atoms with E-state index in [0.29, 0.717) is 16.3 Å². The number of aromatic amines is 1. The summed E-state index contributed by atoms with van der Waals surface area (Å²) in [6.45, 7) is 0. The molecule has 0 aliphatic heterocycles. The third-order valence-corrected chi connectivity index (χ3v) is 2.48. The van der Waals surface area contributed by atoms with Gasteiger partial charge in [-0.3, -0.25) is 9.89 Å². The van der Waals surface area contributed by atoms with Gasteiger partial charge in [0.05, 0.1) is 0 Å². The summed E-state index contributed by atoms with van der Waals surface area (Å²) in [4.78, 5) is 15.1. The first kappa shape index (κ1) is 10.5. The number of primary amides is 1. The van der Waals surface area contributed by atoms with Crippen LogP contribution in [0.15, 0.2) is 18.2 Å². The van der Waals surface area contributed by atoms with Gasteiger partial charge in [0, 0.05) is 7.05 Å². The summed E-state index contributed by atoms with van der Waals surface area (Å²) in [5.74, 6) is -0.00765. The lowest BCUT2D eigenvalue weighted by Gasteiger charge is -2.00. The van der Waals surface area contributed by atoms with Gasteiger partial charge in [0.1, 0.15) is 11.4 Å². The van der Waals surface area contributed by atoms with Crippen LogP contribution in [0.5, 0.6) is 0 Å². The molecule has 0 saturated heterocycles. The smallest absolute Gasteiger partial charge is 0.267 e. The van der Waals surface area contributed by atoms with E-state index in [1.807, 2.05) is 0 Å². The van der Waals surface area contributed by atoms with Crippen molar-refractivity contribution in [2.45, 2.75) is 0 Å². The zero-order chi connectivity index (χ0) is 11.7. The average Bonchev–Trinajstić information content (AvgIpc) is 2.60. The van der Waals surface area contributed by atoms with Crippen molar-refractivity contribution in [1.29, 1.82) is 0 Å². The first-order chi connectivity index (χ1) is 7.59. The van der Waals surface area contributed by atoms with Crippen molar-refractivity contribution >= 4 is 18.1 Å². The molecule has 2 aromatic rings. The second-order valence-corrected chi connectivity index (χ2v) is 3.57. The fourth-order valence-electron chi connectivity index (χ4n) is 1.27. The Bertz CT molecular complexity index is 600. The number of pyridine rings is 1. The Kier molecular flexibility index (Phi) is 2.53. The van der Waals surface area contributed by atoms with Crippen molar-refractivity contribution in [1.82, 2.24) is 19.7 Å². The van der Waals surface area contributed by atoms with Crippen molar-refractivity contribution in [3.63, 3.8) is 0 Å². The number of hydrogen-bond donors (Lipinski definition) is 2. The minimum atomic E-state index is -0.571. The molecule has 3 N–H and O–H groups in total. The summed E-state index contributed by atoms with van der Waals surface area (Å²) in [6, 6.07) is 4.98. The fourth-order valence-corrected chi connectivity index (χ4v) is 1.40. The Morgan fingerprint density at radius 3 is 2.88 bits per heavy atom. The van der Waals surface area contributed by atoms with Crippen molar-refractivity contribution in [3.8, 4) is 11.5 Å². The molecule has 0 radical (unpaired) electrons. The Morgan fingerprint density at radius 1 is 1.56 bits per heavy atom. The molecule has 2 rings (SSSR count). The third-order valence-electron chi connectivity index (χ3n) is 2.11. The summed E-state index contributed by atoms with van der Waals surface area (Å²) < 4.78 is 2.16. The van der Waals surface area contributed by atoms with Crippen molar-refractivity contribution in [2.75, 3.05) is 0 Å². The molecule has 0 fully saturated rings. The van der Waals surface area contributed by atoms with Crippen LogP contribution in [0.4, 0.5) is 0 Å². The van der Waals surface area contributed by atoms with E-state index >= 15 is 0 Å². The average molecular weight is 235 g/mol. The van der Waals surface area contributed by atoms with Crippen LogP contribution in [0.25, 0.3) is 11.5 Å². The van der Waals surface area contributed by atoms with Gasteiger partial charge in [-0.2, -0.15) is 5.10 Å². The topological polar surface area (TPSA) is 89.6 Å². The van der Waals surface area contributed by atoms with Gasteiger partial charge in [-0.25, -0.2) is 4.98 Å². The molecule has 1 amide bonds. The van der Waals surface area contributed by atoms with Crippen LogP contribution >= 0.6 is 12.2 Å². The van der Waals surface area contributed by atoms with E-state index in [2.05, 4.69) is 15.2 Å². The number of carbonyl (C=O) groups is 1. The Hall–Kier alpha value is -2.02. The Labute approximate surface area is 96.1 Å². The van der Waals surface area contributed by atoms with E-state index in [1.54, 1.807) is 29.8 Å². The summed E-state index contributed by atoms with van der Waals surface area (Å²) in [7, 11) is 1.76. The highest BCUT2D eigenvalue weighted by atomic mass is 32.1. The van der Waals surface area contributed by atoms with E-state index in [-0.39, 0.29) is 5.69 Å². The Balaban J connectivity index is 2.57. The van der Waals surface area contributed by atoms with Crippen LogP contribution in [0, 0.1) is 4.77 Å². The highest BCUT2D eigenvalue weighted by Crippen LogP contribution is 2.13. The van der Waals surface area contributed by atoms with E-state index in [0.717, 1.165) is 0 Å². The van der Waals surface area contributed by atoms with Gasteiger partial charge < -0.3 is 10.3 Å². The highest BCUT2D eigenvalue weighted by molar-refractivity contribution is 7.71. The summed E-state index contributed by atoms with van der Waals surface area (Å²) in [5.41, 5.74) is 5.89. The van der Waals surface area contributed by atoms with E-state index < -0.39 is 5.91 Å². The van der Waals surface area contributed by atoms with Gasteiger partial charge in [-0.05, 0) is 24.4 Å². The van der Waals surface area contributed by atoms with Crippen LogP contribution in [-0.2, 0) is 7.05 Å². The minimum Gasteiger partial charge on any atom is -0.364 e. The molecule has 16 heavy (non-hydrogen) atoms. The van der Waals surface area contributed by atoms with Crippen LogP contribution in [0.2, 0.25) is 0 Å². The van der Waals surface area contributed by atoms with Gasteiger partial charge in [0.25, 0.3) is 5.91 Å². The zero-order valence-electron chi connectivity index (χ0n) is 8.47. The molecule has 0 spiro atoms. The molecular weight excluding hydrogens is 226 g/mol. The number of nitrogens with zero attached hydrogens (tertiary/aromatic N) is 3. The molecule has 82 valence electrons. The predicted octanol–water partition coefficient (Wildman–Crippen LogP) is 0.639. The molecule has 2 heterocycles. The predicted molar refractivity (Wildman–Crippen MR) is 60.1 cm³/mol. The van der Waals surface area contributed by atoms with Gasteiger partial charge >= 0.3 is 0 Å². The molecule has 0 atom stereocenters. The van der Waals surface area contributed by atoms with Crippen molar-refractivity contribution < 1.29 is 4.79 Å². The van der Waals surface area contributed by atoms with Crippen molar-refractivity contribution in [2.24, 2.45) is 12.8 Å². The maximum absolute atomic E-state index is 11.0. The molecular formula is C9H9N5OS. The van der Waals surface area contributed by atoms with Crippen LogP contribution in [-0.4, -0.2) is 25.7 Å². The molecule has 0 unspecified atom stereocenters. The lowest BCUT2D eigenvalue weighted by atomic mass is 10.3. The first-order valence-electron chi connectivity index (χ1n) is 4.48. The Morgan fingerprint density at radius 2 is 2.31 bits per heavy atom. The van der Waals surface area contributed by atoms with Gasteiger partial charge in [0.2, 0.25) is 0 Å². The summed E-state index contributed by atoms with van der Waals surface area (Å²) in [5, 5.41) is 6.66. The highest BCUT2D eigenvalue weighted by Gasteiger charge is 2.09. The molecule has 2 aromatic heterocycles. The number of carbonyl (C=O) groups excluding carboxylic acids is 1. The zero-order valence-corrected chi connectivity index (χ0v) is 9.28. The maximum Gasteiger partial charge on any atom is 0.267 e. The first-order valence-corrected chi connectivity index (χ1v) is 4.89. The summed E-state index contributed by atoms with van der Waals surface area (Å²) in [6.07, 6.45) is 0. The second-order valence-electron chi connectivity index (χ2n) is 3.18. The number of rotatable bonds is 2. The molecule has 0 aromatic carbocycles. The second kappa shape index (κ2) is 3.86. The van der Waals surface area contributed by atoms with Crippen LogP contribution in [0.1, 0.15) is 10.5 Å². The van der Waals surface area contributed by atoms with Crippen LogP contribution in [0.3, 0.4) is 0 Å². The number of nitrogens with two attached hydrogens (primary N) is 1. The number of H-pyrrole nitrogens is 1. The SMILES string of the molecule is Cn1c(-c2cccc(C(N)=O)n2)n[nH]c1=S. The number of hydrogen-bond acceptors (Lipinski definition) is 4. The van der Waals surface area contributed by atoms with E-state index in [9.17, 15) is 4.79 Å². The normalized spacial score (nSPS) is 10.3. The molecule has 0 saturated carbocycles. The number of nitrogens with one attached hydrogen (secondary N) is 1. The quantitative estimate of drug-likeness (QED) is 0.747. The maximum atomic E-state index is 11.0. The molecule has 0 aliphatic carbocycles. The lowest BCUT2D eigenvalue weighted by Crippen LogP contribution is -2.13.